The third-order valence-electron chi connectivity index (χ3n) is 2.01. The summed E-state index contributed by atoms with van der Waals surface area (Å²) in [4.78, 5) is 23.6. The van der Waals surface area contributed by atoms with Crippen LogP contribution >= 0.6 is 0 Å². The molecule has 7 nitrogen and oxygen atoms in total. The third-order valence-corrected chi connectivity index (χ3v) is 2.01. The van der Waals surface area contributed by atoms with Gasteiger partial charge in [0, 0.05) is 6.07 Å². The zero-order chi connectivity index (χ0) is 16.2. The lowest BCUT2D eigenvalue weighted by molar-refractivity contribution is -0.392. The van der Waals surface area contributed by atoms with Gasteiger partial charge in [0.2, 0.25) is 11.5 Å². The zero-order valence-electron chi connectivity index (χ0n) is 10.4. The number of ether oxygens (including phenoxy) is 2. The van der Waals surface area contributed by atoms with Gasteiger partial charge in [0.15, 0.2) is 5.75 Å². The number of halogens is 4. The highest BCUT2D eigenvalue weighted by Crippen LogP contribution is 2.29. The molecule has 0 radical (unpaired) electrons. The Bertz CT molecular complexity index is 561. The molecule has 1 heterocycles. The van der Waals surface area contributed by atoms with Crippen LogP contribution in [-0.2, 0) is 16.0 Å². The summed E-state index contributed by atoms with van der Waals surface area (Å²) < 4.78 is 57.8. The van der Waals surface area contributed by atoms with E-state index in [0.717, 1.165) is 0 Å². The molecular formula is C10H8F4N2O5. The maximum atomic E-state index is 13.3. The molecule has 11 heteroatoms. The second-order valence-electron chi connectivity index (χ2n) is 3.53. The van der Waals surface area contributed by atoms with Crippen LogP contribution in [0.3, 0.4) is 0 Å². The van der Waals surface area contributed by atoms with Gasteiger partial charge in [-0.2, -0.15) is 4.39 Å². The smallest absolute Gasteiger partial charge is 0.466 e. The number of nitro groups is 1. The average Bonchev–Trinajstić information content (AvgIpc) is 2.30. The maximum absolute atomic E-state index is 13.3. The van der Waals surface area contributed by atoms with Crippen molar-refractivity contribution >= 4 is 11.8 Å². The van der Waals surface area contributed by atoms with E-state index >= 15 is 0 Å². The zero-order valence-corrected chi connectivity index (χ0v) is 10.4. The number of pyridine rings is 1. The van der Waals surface area contributed by atoms with E-state index in [1.54, 1.807) is 0 Å². The lowest BCUT2D eigenvalue weighted by Crippen LogP contribution is -2.20. The number of esters is 1. The van der Waals surface area contributed by atoms with E-state index in [4.69, 9.17) is 0 Å². The Balaban J connectivity index is 3.23. The van der Waals surface area contributed by atoms with Crippen molar-refractivity contribution in [1.29, 1.82) is 0 Å². The summed E-state index contributed by atoms with van der Waals surface area (Å²) >= 11 is 0. The van der Waals surface area contributed by atoms with Crippen LogP contribution in [0, 0.1) is 15.9 Å². The minimum Gasteiger partial charge on any atom is -0.466 e. The van der Waals surface area contributed by atoms with Crippen molar-refractivity contribution in [3.05, 3.63) is 27.7 Å². The largest absolute Gasteiger partial charge is 0.573 e. The summed E-state index contributed by atoms with van der Waals surface area (Å²) in [5.74, 6) is -5.06. The summed E-state index contributed by atoms with van der Waals surface area (Å²) in [6, 6.07) is 0.146. The number of aromatic nitrogens is 1. The molecule has 0 amide bonds. The van der Waals surface area contributed by atoms with Gasteiger partial charge in [-0.1, -0.05) is 0 Å². The molecule has 0 unspecified atom stereocenters. The van der Waals surface area contributed by atoms with Gasteiger partial charge >= 0.3 is 18.1 Å². The first kappa shape index (κ1) is 16.6. The molecule has 0 saturated carbocycles. The van der Waals surface area contributed by atoms with E-state index in [0.29, 0.717) is 0 Å². The van der Waals surface area contributed by atoms with Gasteiger partial charge < -0.3 is 19.6 Å². The van der Waals surface area contributed by atoms with Crippen molar-refractivity contribution in [2.45, 2.75) is 19.7 Å². The molecule has 0 aromatic carbocycles. The van der Waals surface area contributed by atoms with Gasteiger partial charge in [0.05, 0.1) is 6.61 Å². The standard InChI is InChI=1S/C10H8F4N2O5/c1-2-20-8(17)4-6-7(21-10(12,13)14)3-5(11)9(15-6)16(18)19/h3H,2,4H2,1H3. The van der Waals surface area contributed by atoms with Crippen LogP contribution in [0.5, 0.6) is 5.75 Å². The number of alkyl halides is 3. The topological polar surface area (TPSA) is 91.6 Å². The molecule has 116 valence electrons. The molecule has 0 atom stereocenters. The van der Waals surface area contributed by atoms with Crippen molar-refractivity contribution in [2.24, 2.45) is 0 Å². The molecule has 1 rings (SSSR count). The molecule has 0 aliphatic rings. The highest BCUT2D eigenvalue weighted by Gasteiger charge is 2.35. The quantitative estimate of drug-likeness (QED) is 0.358. The molecule has 0 bridgehead atoms. The predicted molar refractivity (Wildman–Crippen MR) is 57.9 cm³/mol. The second kappa shape index (κ2) is 6.33. The Morgan fingerprint density at radius 3 is 2.57 bits per heavy atom. The van der Waals surface area contributed by atoms with Gasteiger partial charge in [-0.3, -0.25) is 4.79 Å². The third kappa shape index (κ3) is 4.85. The number of hydrogen-bond acceptors (Lipinski definition) is 6. The van der Waals surface area contributed by atoms with Crippen LogP contribution < -0.4 is 4.74 Å². The first-order valence-corrected chi connectivity index (χ1v) is 5.39. The van der Waals surface area contributed by atoms with Crippen molar-refractivity contribution < 1.29 is 36.8 Å². The fraction of sp³-hybridized carbons (Fsp3) is 0.400. The molecule has 0 aliphatic heterocycles. The summed E-state index contributed by atoms with van der Waals surface area (Å²) in [5.41, 5.74) is -0.751. The van der Waals surface area contributed by atoms with Gasteiger partial charge in [-0.25, -0.2) is 0 Å². The minimum atomic E-state index is -5.17. The van der Waals surface area contributed by atoms with Gasteiger partial charge in [0.25, 0.3) is 0 Å². The lowest BCUT2D eigenvalue weighted by atomic mass is 10.2. The molecule has 1 aromatic heterocycles. The van der Waals surface area contributed by atoms with Crippen molar-refractivity contribution in [1.82, 2.24) is 4.98 Å². The molecule has 1 aromatic rings. The van der Waals surface area contributed by atoms with E-state index < -0.39 is 46.8 Å². The van der Waals surface area contributed by atoms with E-state index in [1.165, 1.54) is 6.92 Å². The Morgan fingerprint density at radius 1 is 1.48 bits per heavy atom. The summed E-state index contributed by atoms with van der Waals surface area (Å²) in [5, 5.41) is 10.5. The highest BCUT2D eigenvalue weighted by atomic mass is 19.4. The van der Waals surface area contributed by atoms with Crippen molar-refractivity contribution in [3.8, 4) is 5.75 Å². The first-order valence-electron chi connectivity index (χ1n) is 5.39. The van der Waals surface area contributed by atoms with Gasteiger partial charge in [0.1, 0.15) is 6.42 Å². The lowest BCUT2D eigenvalue weighted by Gasteiger charge is -2.10. The SMILES string of the molecule is CCOC(=O)Cc1nc([N+](=O)[O-])c(F)cc1OC(F)(F)F. The van der Waals surface area contributed by atoms with E-state index in [-0.39, 0.29) is 12.7 Å². The number of nitrogens with zero attached hydrogens (tertiary/aromatic N) is 2. The van der Waals surface area contributed by atoms with Gasteiger partial charge in [-0.15, -0.1) is 13.2 Å². The highest BCUT2D eigenvalue weighted by molar-refractivity contribution is 5.73. The Kier molecular flexibility index (Phi) is 5.00. The summed E-state index contributed by atoms with van der Waals surface area (Å²) in [7, 11) is 0. The maximum Gasteiger partial charge on any atom is 0.573 e. The number of carbonyl (C=O) groups excluding carboxylic acids is 1. The fourth-order valence-electron chi connectivity index (χ4n) is 1.32. The normalized spacial score (nSPS) is 11.1. The van der Waals surface area contributed by atoms with Crippen LogP contribution in [0.25, 0.3) is 0 Å². The van der Waals surface area contributed by atoms with Gasteiger partial charge in [-0.05, 0) is 16.8 Å². The number of hydrogen-bond donors (Lipinski definition) is 0. The average molecular weight is 312 g/mol. The molecule has 0 fully saturated rings. The Hall–Kier alpha value is -2.46. The van der Waals surface area contributed by atoms with Crippen molar-refractivity contribution in [2.75, 3.05) is 6.61 Å². The van der Waals surface area contributed by atoms with E-state index in [9.17, 15) is 32.5 Å². The molecule has 0 N–H and O–H groups in total. The summed E-state index contributed by atoms with van der Waals surface area (Å²) in [6.45, 7) is 1.39. The molecule has 0 aliphatic carbocycles. The monoisotopic (exact) mass is 312 g/mol. The molecule has 21 heavy (non-hydrogen) atoms. The Labute approximate surface area is 114 Å². The number of rotatable bonds is 5. The van der Waals surface area contributed by atoms with Crippen LogP contribution in [0.1, 0.15) is 12.6 Å². The molecule has 0 saturated heterocycles. The van der Waals surface area contributed by atoms with Crippen LogP contribution in [0.15, 0.2) is 6.07 Å². The molecule has 0 spiro atoms. The summed E-state index contributed by atoms with van der Waals surface area (Å²) in [6.07, 6.45) is -6.01. The Morgan fingerprint density at radius 2 is 2.10 bits per heavy atom. The van der Waals surface area contributed by atoms with Crippen molar-refractivity contribution in [3.63, 3.8) is 0 Å². The van der Waals surface area contributed by atoms with Crippen LogP contribution in [0.4, 0.5) is 23.4 Å². The molecular weight excluding hydrogens is 304 g/mol. The second-order valence-corrected chi connectivity index (χ2v) is 3.53. The van der Waals surface area contributed by atoms with E-state index in [2.05, 4.69) is 14.5 Å². The van der Waals surface area contributed by atoms with Crippen LogP contribution in [0.2, 0.25) is 0 Å². The van der Waals surface area contributed by atoms with Crippen LogP contribution in [-0.4, -0.2) is 28.8 Å². The predicted octanol–water partition coefficient (Wildman–Crippen LogP) is 2.13. The first-order chi connectivity index (χ1) is 9.64. The number of carbonyl (C=O) groups is 1. The fourth-order valence-corrected chi connectivity index (χ4v) is 1.32. The van der Waals surface area contributed by atoms with E-state index in [1.807, 2.05) is 0 Å². The minimum absolute atomic E-state index is 0.0580.